The molecule has 0 amide bonds. The molecular formula is C22H29F3N4O2S. The zero-order valence-electron chi connectivity index (χ0n) is 18.1. The zero-order valence-corrected chi connectivity index (χ0v) is 18.9. The molecule has 1 atom stereocenters. The molecule has 4 rings (SSSR count). The van der Waals surface area contributed by atoms with E-state index in [1.165, 1.54) is 12.8 Å². The fourth-order valence-corrected chi connectivity index (χ4v) is 5.92. The summed E-state index contributed by atoms with van der Waals surface area (Å²) in [7, 11) is -3.58. The van der Waals surface area contributed by atoms with E-state index < -0.39 is 15.5 Å². The van der Waals surface area contributed by atoms with Gasteiger partial charge in [0.15, 0.2) is 0 Å². The summed E-state index contributed by atoms with van der Waals surface area (Å²) in [4.78, 5) is 6.46. The molecule has 1 aromatic carbocycles. The summed E-state index contributed by atoms with van der Waals surface area (Å²) in [6.07, 6.45) is 9.72. The number of aryl methyl sites for hydroxylation is 1. The van der Waals surface area contributed by atoms with Crippen LogP contribution in [-0.4, -0.2) is 40.4 Å². The largest absolute Gasteiger partial charge is 0.511 e. The minimum Gasteiger partial charge on any atom is -0.361 e. The number of sulfonamides is 1. The Bertz CT molecular complexity index is 1030. The number of fused-ring (bicyclic) bond motifs is 1. The molecule has 0 unspecified atom stereocenters. The van der Waals surface area contributed by atoms with Crippen molar-refractivity contribution in [3.63, 3.8) is 0 Å². The van der Waals surface area contributed by atoms with Gasteiger partial charge in [0.05, 0.1) is 18.6 Å². The summed E-state index contributed by atoms with van der Waals surface area (Å²) in [6, 6.07) is 6.77. The zero-order chi connectivity index (χ0) is 22.9. The molecule has 0 spiro atoms. The number of benzene rings is 1. The van der Waals surface area contributed by atoms with Gasteiger partial charge in [0.1, 0.15) is 0 Å². The van der Waals surface area contributed by atoms with Crippen LogP contribution in [0.25, 0.3) is 0 Å². The first-order valence-corrected chi connectivity index (χ1v) is 12.5. The Balaban J connectivity index is 1.71. The number of nitrogens with zero attached hydrogens (tertiary/aromatic N) is 4. The topological polar surface area (TPSA) is 58.4 Å². The van der Waals surface area contributed by atoms with E-state index in [9.17, 15) is 21.6 Å². The van der Waals surface area contributed by atoms with Gasteiger partial charge in [-0.3, -0.25) is 0 Å². The molecule has 0 saturated heterocycles. The molecule has 10 heteroatoms. The highest BCUT2D eigenvalue weighted by Crippen LogP contribution is 2.37. The molecule has 1 aliphatic carbocycles. The maximum atomic E-state index is 13.5. The van der Waals surface area contributed by atoms with Gasteiger partial charge < -0.3 is 9.47 Å². The van der Waals surface area contributed by atoms with E-state index in [1.807, 2.05) is 29.9 Å². The fraction of sp³-hybridized carbons (Fsp3) is 0.591. The molecule has 2 aromatic rings. The lowest BCUT2D eigenvalue weighted by atomic mass is 9.97. The molecule has 32 heavy (non-hydrogen) atoms. The number of imidazole rings is 1. The fourth-order valence-electron chi connectivity index (χ4n) is 4.95. The molecule has 2 aliphatic rings. The van der Waals surface area contributed by atoms with Crippen molar-refractivity contribution in [2.45, 2.75) is 63.2 Å². The minimum atomic E-state index is -5.44. The molecule has 1 fully saturated rings. The predicted octanol–water partition coefficient (Wildman–Crippen LogP) is 4.43. The Morgan fingerprint density at radius 1 is 1.12 bits per heavy atom. The standard InChI is InChI=1S/C22H29F3N4O2S/c1-27-13-19(26-16-27)14-29-20(11-10-17-6-2-3-7-17)15-28(32(30,31)22(23,24)25)12-18-8-4-5-9-21(18)29/h4-5,8-9,13,16-17,20H,2-3,6-7,10-12,14-15H2,1H3/t20-/m1/s1. The van der Waals surface area contributed by atoms with Crippen molar-refractivity contribution in [3.8, 4) is 0 Å². The van der Waals surface area contributed by atoms with Crippen molar-refractivity contribution in [1.82, 2.24) is 13.9 Å². The molecule has 1 aliphatic heterocycles. The Morgan fingerprint density at radius 2 is 1.84 bits per heavy atom. The Labute approximate surface area is 187 Å². The van der Waals surface area contributed by atoms with Crippen molar-refractivity contribution in [2.75, 3.05) is 11.4 Å². The lowest BCUT2D eigenvalue weighted by molar-refractivity contribution is -0.0492. The quantitative estimate of drug-likeness (QED) is 0.627. The summed E-state index contributed by atoms with van der Waals surface area (Å²) in [5.74, 6) is 0.554. The third-order valence-electron chi connectivity index (χ3n) is 6.61. The summed E-state index contributed by atoms with van der Waals surface area (Å²) >= 11 is 0. The molecule has 0 bridgehead atoms. The van der Waals surface area contributed by atoms with Crippen LogP contribution in [0.1, 0.15) is 49.8 Å². The smallest absolute Gasteiger partial charge is 0.361 e. The first-order chi connectivity index (χ1) is 15.1. The van der Waals surface area contributed by atoms with Gasteiger partial charge in [0.25, 0.3) is 0 Å². The normalized spacial score (nSPS) is 21.0. The first-order valence-electron chi connectivity index (χ1n) is 11.0. The number of hydrogen-bond acceptors (Lipinski definition) is 4. The van der Waals surface area contributed by atoms with Crippen LogP contribution in [0.3, 0.4) is 0 Å². The van der Waals surface area contributed by atoms with Gasteiger partial charge in [-0.05, 0) is 30.4 Å². The van der Waals surface area contributed by atoms with Gasteiger partial charge in [-0.25, -0.2) is 13.4 Å². The molecule has 1 aromatic heterocycles. The van der Waals surface area contributed by atoms with Crippen molar-refractivity contribution >= 4 is 15.7 Å². The third-order valence-corrected chi connectivity index (χ3v) is 8.15. The third kappa shape index (κ3) is 4.80. The van der Waals surface area contributed by atoms with Gasteiger partial charge in [0, 0.05) is 38.1 Å². The van der Waals surface area contributed by atoms with E-state index in [1.54, 1.807) is 18.5 Å². The predicted molar refractivity (Wildman–Crippen MR) is 116 cm³/mol. The minimum absolute atomic E-state index is 0.198. The second-order valence-corrected chi connectivity index (χ2v) is 10.8. The highest BCUT2D eigenvalue weighted by atomic mass is 32.2. The highest BCUT2D eigenvalue weighted by Gasteiger charge is 2.51. The first kappa shape index (κ1) is 23.1. The van der Waals surface area contributed by atoms with Crippen molar-refractivity contribution in [3.05, 3.63) is 48.0 Å². The van der Waals surface area contributed by atoms with Crippen LogP contribution >= 0.6 is 0 Å². The van der Waals surface area contributed by atoms with Gasteiger partial charge in [-0.15, -0.1) is 0 Å². The number of aromatic nitrogens is 2. The SMILES string of the molecule is Cn1cnc(CN2c3ccccc3CN(S(=O)(=O)C(F)(F)F)C[C@H]2CCC2CCCC2)c1. The molecule has 6 nitrogen and oxygen atoms in total. The number of para-hydroxylation sites is 1. The van der Waals surface area contributed by atoms with Crippen LogP contribution in [0.5, 0.6) is 0 Å². The van der Waals surface area contributed by atoms with Crippen LogP contribution < -0.4 is 4.90 Å². The van der Waals surface area contributed by atoms with Crippen LogP contribution in [0.2, 0.25) is 0 Å². The van der Waals surface area contributed by atoms with E-state index in [0.29, 0.717) is 28.8 Å². The van der Waals surface area contributed by atoms with Gasteiger partial charge in [-0.1, -0.05) is 43.9 Å². The van der Waals surface area contributed by atoms with Crippen LogP contribution in [0, 0.1) is 5.92 Å². The van der Waals surface area contributed by atoms with Gasteiger partial charge >= 0.3 is 15.5 Å². The van der Waals surface area contributed by atoms with E-state index in [-0.39, 0.29) is 19.1 Å². The molecule has 0 N–H and O–H groups in total. The summed E-state index contributed by atoms with van der Waals surface area (Å²) < 4.78 is 67.7. The average Bonchev–Trinajstić information content (AvgIpc) is 3.36. The number of rotatable bonds is 6. The van der Waals surface area contributed by atoms with E-state index >= 15 is 0 Å². The summed E-state index contributed by atoms with van der Waals surface area (Å²) in [6.45, 7) is -0.0835. The van der Waals surface area contributed by atoms with Crippen LogP contribution in [-0.2, 0) is 30.2 Å². The molecule has 2 heterocycles. The maximum Gasteiger partial charge on any atom is 0.511 e. The maximum absolute atomic E-state index is 13.5. The molecule has 1 saturated carbocycles. The van der Waals surface area contributed by atoms with E-state index in [0.717, 1.165) is 30.6 Å². The Kier molecular flexibility index (Phi) is 6.53. The Hall–Kier alpha value is -2.07. The molecule has 176 valence electrons. The number of hydrogen-bond donors (Lipinski definition) is 0. The van der Waals surface area contributed by atoms with Crippen molar-refractivity contribution in [2.24, 2.45) is 13.0 Å². The average molecular weight is 471 g/mol. The Morgan fingerprint density at radius 3 is 2.50 bits per heavy atom. The second kappa shape index (κ2) is 9.05. The van der Waals surface area contributed by atoms with Crippen LogP contribution in [0.15, 0.2) is 36.8 Å². The number of halogens is 3. The summed E-state index contributed by atoms with van der Waals surface area (Å²) in [5, 5.41) is 0. The number of alkyl halides is 3. The van der Waals surface area contributed by atoms with Crippen molar-refractivity contribution < 1.29 is 21.6 Å². The monoisotopic (exact) mass is 470 g/mol. The van der Waals surface area contributed by atoms with Crippen LogP contribution in [0.4, 0.5) is 18.9 Å². The van der Waals surface area contributed by atoms with Crippen molar-refractivity contribution in [1.29, 1.82) is 0 Å². The van der Waals surface area contributed by atoms with Gasteiger partial charge in [-0.2, -0.15) is 17.5 Å². The molecular weight excluding hydrogens is 441 g/mol. The highest BCUT2D eigenvalue weighted by molar-refractivity contribution is 7.89. The lowest BCUT2D eigenvalue weighted by Gasteiger charge is -2.34. The number of anilines is 1. The second-order valence-electron chi connectivity index (χ2n) is 8.91. The van der Waals surface area contributed by atoms with Gasteiger partial charge in [0.2, 0.25) is 0 Å². The van der Waals surface area contributed by atoms with E-state index in [2.05, 4.69) is 9.88 Å². The molecule has 0 radical (unpaired) electrons. The van der Waals surface area contributed by atoms with E-state index in [4.69, 9.17) is 0 Å². The lowest BCUT2D eigenvalue weighted by Crippen LogP contribution is -2.47. The summed E-state index contributed by atoms with van der Waals surface area (Å²) in [5.41, 5.74) is -3.19.